The molecular formula is C6H10N4S. The zero-order chi connectivity index (χ0) is 7.52. The van der Waals surface area contributed by atoms with Crippen LogP contribution in [0, 0.1) is 5.92 Å². The van der Waals surface area contributed by atoms with Crippen LogP contribution in [0.2, 0.25) is 0 Å². The largest absolute Gasteiger partial charge is 0.184 e. The molecule has 0 radical (unpaired) electrons. The van der Waals surface area contributed by atoms with Gasteiger partial charge in [0.25, 0.3) is 0 Å². The first-order valence-electron chi connectivity index (χ1n) is 3.75. The molecular weight excluding hydrogens is 160 g/mol. The highest BCUT2D eigenvalue weighted by molar-refractivity contribution is 7.98. The lowest BCUT2D eigenvalue weighted by Crippen LogP contribution is -1.87. The second-order valence-electron chi connectivity index (χ2n) is 2.79. The molecule has 1 saturated carbocycles. The molecule has 11 heavy (non-hydrogen) atoms. The van der Waals surface area contributed by atoms with Crippen LogP contribution in [-0.4, -0.2) is 26.4 Å². The molecule has 2 rings (SSSR count). The van der Waals surface area contributed by atoms with Crippen LogP contribution >= 0.6 is 11.8 Å². The maximum absolute atomic E-state index is 3.87. The molecule has 0 amide bonds. The molecule has 0 aromatic carbocycles. The van der Waals surface area contributed by atoms with Gasteiger partial charge >= 0.3 is 0 Å². The van der Waals surface area contributed by atoms with E-state index in [1.54, 1.807) is 0 Å². The smallest absolute Gasteiger partial charge is 0.177 e. The number of nitrogens with one attached hydrogen (secondary N) is 1. The molecule has 1 N–H and O–H groups in total. The third-order valence-electron chi connectivity index (χ3n) is 1.67. The zero-order valence-electron chi connectivity index (χ0n) is 6.16. The molecule has 0 saturated heterocycles. The molecule has 0 unspecified atom stereocenters. The van der Waals surface area contributed by atoms with Crippen molar-refractivity contribution in [1.82, 2.24) is 20.6 Å². The van der Waals surface area contributed by atoms with Gasteiger partial charge in [-0.05, 0) is 24.5 Å². The SMILES string of the molecule is C(SCC1CC1)c1nn[nH]n1. The van der Waals surface area contributed by atoms with Gasteiger partial charge in [-0.15, -0.1) is 10.2 Å². The Morgan fingerprint density at radius 3 is 3.09 bits per heavy atom. The van der Waals surface area contributed by atoms with E-state index in [1.807, 2.05) is 11.8 Å². The number of hydrogen-bond acceptors (Lipinski definition) is 4. The topological polar surface area (TPSA) is 54.5 Å². The van der Waals surface area contributed by atoms with Crippen LogP contribution in [0.25, 0.3) is 0 Å². The molecule has 1 fully saturated rings. The van der Waals surface area contributed by atoms with Crippen LogP contribution in [0.4, 0.5) is 0 Å². The number of hydrogen-bond donors (Lipinski definition) is 1. The highest BCUT2D eigenvalue weighted by Crippen LogP contribution is 2.32. The van der Waals surface area contributed by atoms with Gasteiger partial charge in [0.05, 0.1) is 5.75 Å². The van der Waals surface area contributed by atoms with E-state index in [-0.39, 0.29) is 0 Å². The van der Waals surface area contributed by atoms with Crippen LogP contribution < -0.4 is 0 Å². The summed E-state index contributed by atoms with van der Waals surface area (Å²) in [5, 5.41) is 13.7. The number of thioether (sulfide) groups is 1. The minimum atomic E-state index is 0.815. The van der Waals surface area contributed by atoms with Crippen molar-refractivity contribution < 1.29 is 0 Å². The second-order valence-corrected chi connectivity index (χ2v) is 3.82. The summed E-state index contributed by atoms with van der Waals surface area (Å²) in [7, 11) is 0. The Labute approximate surface area is 69.1 Å². The monoisotopic (exact) mass is 170 g/mol. The van der Waals surface area contributed by atoms with Gasteiger partial charge in [-0.3, -0.25) is 0 Å². The summed E-state index contributed by atoms with van der Waals surface area (Å²) in [6.07, 6.45) is 2.83. The lowest BCUT2D eigenvalue weighted by molar-refractivity contribution is 0.881. The maximum atomic E-state index is 3.87. The third-order valence-corrected chi connectivity index (χ3v) is 2.84. The van der Waals surface area contributed by atoms with Crippen molar-refractivity contribution in [3.63, 3.8) is 0 Å². The minimum absolute atomic E-state index is 0.815. The summed E-state index contributed by atoms with van der Waals surface area (Å²) in [4.78, 5) is 0. The van der Waals surface area contributed by atoms with Gasteiger partial charge in [0, 0.05) is 0 Å². The Hall–Kier alpha value is -0.580. The Kier molecular flexibility index (Phi) is 2.07. The van der Waals surface area contributed by atoms with E-state index in [9.17, 15) is 0 Å². The van der Waals surface area contributed by atoms with E-state index in [2.05, 4.69) is 20.6 Å². The third kappa shape index (κ3) is 2.18. The standard InChI is InChI=1S/C6H10N4S/c1-2-5(1)3-11-4-6-7-9-10-8-6/h5H,1-4H2,(H,7,8,9,10). The molecule has 0 spiro atoms. The normalized spacial score (nSPS) is 17.1. The number of H-pyrrole nitrogens is 1. The number of tetrazole rings is 1. The molecule has 1 aromatic rings. The van der Waals surface area contributed by atoms with E-state index in [0.29, 0.717) is 0 Å². The van der Waals surface area contributed by atoms with Crippen molar-refractivity contribution in [2.75, 3.05) is 5.75 Å². The zero-order valence-corrected chi connectivity index (χ0v) is 6.97. The average Bonchev–Trinajstić information content (AvgIpc) is 2.66. The van der Waals surface area contributed by atoms with Gasteiger partial charge in [0.2, 0.25) is 0 Å². The van der Waals surface area contributed by atoms with Gasteiger partial charge in [-0.25, -0.2) is 0 Å². The van der Waals surface area contributed by atoms with Gasteiger partial charge in [0.15, 0.2) is 5.82 Å². The molecule has 0 aliphatic heterocycles. The molecule has 1 aliphatic rings. The highest BCUT2D eigenvalue weighted by Gasteiger charge is 2.20. The average molecular weight is 170 g/mol. The molecule has 0 bridgehead atoms. The molecule has 1 heterocycles. The Balaban J connectivity index is 1.66. The van der Waals surface area contributed by atoms with E-state index < -0.39 is 0 Å². The van der Waals surface area contributed by atoms with Crippen LogP contribution in [0.3, 0.4) is 0 Å². The van der Waals surface area contributed by atoms with Gasteiger partial charge < -0.3 is 0 Å². The highest BCUT2D eigenvalue weighted by atomic mass is 32.2. The molecule has 60 valence electrons. The Bertz CT molecular complexity index is 206. The lowest BCUT2D eigenvalue weighted by atomic mass is 10.5. The van der Waals surface area contributed by atoms with Crippen LogP contribution in [-0.2, 0) is 5.75 Å². The van der Waals surface area contributed by atoms with Crippen molar-refractivity contribution in [3.05, 3.63) is 5.82 Å². The van der Waals surface area contributed by atoms with Crippen LogP contribution in [0.1, 0.15) is 18.7 Å². The number of aromatic nitrogens is 4. The first-order chi connectivity index (χ1) is 5.45. The lowest BCUT2D eigenvalue weighted by Gasteiger charge is -1.92. The Morgan fingerprint density at radius 1 is 1.55 bits per heavy atom. The van der Waals surface area contributed by atoms with Crippen molar-refractivity contribution in [2.24, 2.45) is 5.92 Å². The summed E-state index contributed by atoms with van der Waals surface area (Å²) in [6, 6.07) is 0. The van der Waals surface area contributed by atoms with Crippen molar-refractivity contribution in [3.8, 4) is 0 Å². The Morgan fingerprint density at radius 2 is 2.45 bits per heavy atom. The fraction of sp³-hybridized carbons (Fsp3) is 0.833. The summed E-state index contributed by atoms with van der Waals surface area (Å²) in [5.74, 6) is 3.95. The number of nitrogens with zero attached hydrogens (tertiary/aromatic N) is 3. The summed E-state index contributed by atoms with van der Waals surface area (Å²) in [6.45, 7) is 0. The van der Waals surface area contributed by atoms with Crippen molar-refractivity contribution in [2.45, 2.75) is 18.6 Å². The summed E-state index contributed by atoms with van der Waals surface area (Å²) < 4.78 is 0. The quantitative estimate of drug-likeness (QED) is 0.727. The fourth-order valence-electron chi connectivity index (χ4n) is 0.845. The molecule has 4 nitrogen and oxygen atoms in total. The molecule has 0 atom stereocenters. The second kappa shape index (κ2) is 3.21. The molecule has 1 aromatic heterocycles. The summed E-state index contributed by atoms with van der Waals surface area (Å²) >= 11 is 1.90. The van der Waals surface area contributed by atoms with Crippen molar-refractivity contribution >= 4 is 11.8 Å². The number of aromatic amines is 1. The molecule has 5 heteroatoms. The number of rotatable bonds is 4. The van der Waals surface area contributed by atoms with Crippen molar-refractivity contribution in [1.29, 1.82) is 0 Å². The van der Waals surface area contributed by atoms with E-state index in [0.717, 1.165) is 17.5 Å². The predicted molar refractivity (Wildman–Crippen MR) is 43.1 cm³/mol. The fourth-order valence-corrected chi connectivity index (χ4v) is 1.93. The first-order valence-corrected chi connectivity index (χ1v) is 4.90. The first kappa shape index (κ1) is 7.09. The van der Waals surface area contributed by atoms with Gasteiger partial charge in [-0.2, -0.15) is 17.0 Å². The van der Waals surface area contributed by atoms with Gasteiger partial charge in [-0.1, -0.05) is 5.21 Å². The van der Waals surface area contributed by atoms with E-state index >= 15 is 0 Å². The summed E-state index contributed by atoms with van der Waals surface area (Å²) in [5.41, 5.74) is 0. The predicted octanol–water partition coefficient (Wildman–Crippen LogP) is 0.843. The van der Waals surface area contributed by atoms with Crippen LogP contribution in [0.15, 0.2) is 0 Å². The maximum Gasteiger partial charge on any atom is 0.184 e. The minimum Gasteiger partial charge on any atom is -0.177 e. The van der Waals surface area contributed by atoms with Gasteiger partial charge in [0.1, 0.15) is 0 Å². The molecule has 1 aliphatic carbocycles. The van der Waals surface area contributed by atoms with E-state index in [4.69, 9.17) is 0 Å². The van der Waals surface area contributed by atoms with E-state index in [1.165, 1.54) is 18.6 Å². The van der Waals surface area contributed by atoms with Crippen LogP contribution in [0.5, 0.6) is 0 Å².